The summed E-state index contributed by atoms with van der Waals surface area (Å²) in [5.41, 5.74) is 3.28. The quantitative estimate of drug-likeness (QED) is 0.519. The van der Waals surface area contributed by atoms with E-state index in [1.807, 2.05) is 60.4 Å². The second kappa shape index (κ2) is 11.1. The largest absolute Gasteiger partial charge is 0.496 e. The molecule has 0 bridgehead atoms. The number of hydrogen-bond acceptors (Lipinski definition) is 5. The van der Waals surface area contributed by atoms with E-state index >= 15 is 0 Å². The molecule has 0 spiro atoms. The van der Waals surface area contributed by atoms with Crippen LogP contribution in [-0.2, 0) is 4.79 Å². The van der Waals surface area contributed by atoms with Crippen LogP contribution in [-0.4, -0.2) is 56.6 Å². The number of ether oxygens (including phenoxy) is 2. The maximum Gasteiger partial charge on any atom is 0.262 e. The van der Waals surface area contributed by atoms with E-state index in [1.54, 1.807) is 25.3 Å². The number of piperazine rings is 1. The number of hydrogen-bond donors (Lipinski definition) is 1. The minimum Gasteiger partial charge on any atom is -0.496 e. The van der Waals surface area contributed by atoms with E-state index in [4.69, 9.17) is 21.1 Å². The molecule has 0 atom stereocenters. The number of anilines is 2. The van der Waals surface area contributed by atoms with Crippen molar-refractivity contribution in [2.24, 2.45) is 0 Å². The minimum atomic E-state index is -0.220. The number of rotatable bonds is 7. The fourth-order valence-electron chi connectivity index (χ4n) is 3.99. The van der Waals surface area contributed by atoms with Crippen LogP contribution >= 0.6 is 11.6 Å². The lowest BCUT2D eigenvalue weighted by molar-refractivity contribution is -0.118. The summed E-state index contributed by atoms with van der Waals surface area (Å²) in [7, 11) is 1.54. The molecule has 1 fully saturated rings. The molecule has 7 nitrogen and oxygen atoms in total. The zero-order chi connectivity index (χ0) is 24.8. The lowest BCUT2D eigenvalue weighted by Crippen LogP contribution is -2.48. The first kappa shape index (κ1) is 24.4. The minimum absolute atomic E-state index is 0.0569. The number of carbonyl (C=O) groups is 2. The maximum atomic E-state index is 13.0. The van der Waals surface area contributed by atoms with E-state index in [-0.39, 0.29) is 18.4 Å². The van der Waals surface area contributed by atoms with E-state index in [9.17, 15) is 9.59 Å². The Balaban J connectivity index is 1.28. The number of nitrogens with one attached hydrogen (secondary N) is 1. The van der Waals surface area contributed by atoms with Crippen molar-refractivity contribution in [1.82, 2.24) is 4.90 Å². The number of aryl methyl sites for hydroxylation is 1. The smallest absolute Gasteiger partial charge is 0.262 e. The Morgan fingerprint density at radius 1 is 0.971 bits per heavy atom. The summed E-state index contributed by atoms with van der Waals surface area (Å²) in [6.45, 7) is 4.49. The Kier molecular flexibility index (Phi) is 7.77. The van der Waals surface area contributed by atoms with Gasteiger partial charge in [0.1, 0.15) is 11.5 Å². The average Bonchev–Trinajstić information content (AvgIpc) is 2.88. The highest BCUT2D eigenvalue weighted by molar-refractivity contribution is 6.31. The van der Waals surface area contributed by atoms with Gasteiger partial charge in [0.25, 0.3) is 11.8 Å². The molecule has 182 valence electrons. The third kappa shape index (κ3) is 6.25. The van der Waals surface area contributed by atoms with Crippen LogP contribution in [0, 0.1) is 6.92 Å². The van der Waals surface area contributed by atoms with Crippen LogP contribution in [0.3, 0.4) is 0 Å². The van der Waals surface area contributed by atoms with Crippen LogP contribution < -0.4 is 19.7 Å². The molecule has 1 saturated heterocycles. The molecule has 0 aliphatic carbocycles. The Hall–Kier alpha value is -3.71. The summed E-state index contributed by atoms with van der Waals surface area (Å²) in [6, 6.07) is 20.3. The van der Waals surface area contributed by atoms with E-state index in [1.165, 1.54) is 0 Å². The number of carbonyl (C=O) groups excluding carboxylic acids is 2. The summed E-state index contributed by atoms with van der Waals surface area (Å²) in [5.74, 6) is 0.878. The van der Waals surface area contributed by atoms with Crippen molar-refractivity contribution in [3.63, 3.8) is 0 Å². The Morgan fingerprint density at radius 2 is 1.71 bits per heavy atom. The molecule has 3 aromatic carbocycles. The molecular weight excluding hydrogens is 466 g/mol. The molecule has 35 heavy (non-hydrogen) atoms. The maximum absolute atomic E-state index is 13.0. The van der Waals surface area contributed by atoms with Gasteiger partial charge in [0.05, 0.1) is 12.7 Å². The summed E-state index contributed by atoms with van der Waals surface area (Å²) >= 11 is 6.09. The molecule has 1 aliphatic rings. The summed E-state index contributed by atoms with van der Waals surface area (Å²) in [4.78, 5) is 29.3. The fourth-order valence-corrected chi connectivity index (χ4v) is 4.16. The van der Waals surface area contributed by atoms with Gasteiger partial charge >= 0.3 is 0 Å². The Bertz CT molecular complexity index is 1190. The standard InChI is InChI=1S/C27H28ClN3O4/c1-19-4-3-5-23(16-19)35-18-26(32)29-21-7-9-22(10-8-21)30-12-14-31(15-13-30)27(33)24-17-20(28)6-11-25(24)34-2/h3-11,16-17H,12-15,18H2,1-2H3,(H,29,32). The molecule has 1 N–H and O–H groups in total. The van der Waals surface area contributed by atoms with Crippen LogP contribution in [0.4, 0.5) is 11.4 Å². The Labute approximate surface area is 210 Å². The molecule has 3 aromatic rings. The number of amides is 2. The second-order valence-corrected chi connectivity index (χ2v) is 8.76. The van der Waals surface area contributed by atoms with Crippen LogP contribution in [0.15, 0.2) is 66.7 Å². The van der Waals surface area contributed by atoms with Crippen LogP contribution in [0.5, 0.6) is 11.5 Å². The van der Waals surface area contributed by atoms with Crippen molar-refractivity contribution >= 4 is 34.8 Å². The van der Waals surface area contributed by atoms with E-state index < -0.39 is 0 Å². The molecule has 0 aromatic heterocycles. The zero-order valence-corrected chi connectivity index (χ0v) is 20.5. The lowest BCUT2D eigenvalue weighted by atomic mass is 10.1. The molecule has 4 rings (SSSR count). The highest BCUT2D eigenvalue weighted by Gasteiger charge is 2.24. The molecule has 0 unspecified atom stereocenters. The topological polar surface area (TPSA) is 71.1 Å². The van der Waals surface area contributed by atoms with Crippen LogP contribution in [0.1, 0.15) is 15.9 Å². The van der Waals surface area contributed by atoms with Crippen molar-refractivity contribution < 1.29 is 19.1 Å². The van der Waals surface area contributed by atoms with Gasteiger partial charge in [-0.15, -0.1) is 0 Å². The lowest BCUT2D eigenvalue weighted by Gasteiger charge is -2.36. The van der Waals surface area contributed by atoms with Crippen LogP contribution in [0.25, 0.3) is 0 Å². The molecule has 1 aliphatic heterocycles. The monoisotopic (exact) mass is 493 g/mol. The van der Waals surface area contributed by atoms with Gasteiger partial charge in [0.15, 0.2) is 6.61 Å². The summed E-state index contributed by atoms with van der Waals surface area (Å²) in [6.07, 6.45) is 0. The molecule has 0 radical (unpaired) electrons. The first-order chi connectivity index (χ1) is 16.9. The van der Waals surface area contributed by atoms with E-state index in [0.717, 1.165) is 11.3 Å². The van der Waals surface area contributed by atoms with Crippen molar-refractivity contribution in [1.29, 1.82) is 0 Å². The number of halogens is 1. The molecule has 8 heteroatoms. The van der Waals surface area contributed by atoms with Crippen molar-refractivity contribution in [2.75, 3.05) is 50.1 Å². The van der Waals surface area contributed by atoms with E-state index in [0.29, 0.717) is 54.0 Å². The van der Waals surface area contributed by atoms with Gasteiger partial charge in [-0.25, -0.2) is 0 Å². The first-order valence-corrected chi connectivity index (χ1v) is 11.8. The average molecular weight is 494 g/mol. The number of methoxy groups -OCH3 is 1. The van der Waals surface area contributed by atoms with Gasteiger partial charge < -0.3 is 24.6 Å². The highest BCUT2D eigenvalue weighted by atomic mass is 35.5. The van der Waals surface area contributed by atoms with Gasteiger partial charge in [0, 0.05) is 42.6 Å². The fraction of sp³-hybridized carbons (Fsp3) is 0.259. The third-order valence-corrected chi connectivity index (χ3v) is 6.07. The third-order valence-electron chi connectivity index (χ3n) is 5.83. The van der Waals surface area contributed by atoms with Gasteiger partial charge in [-0.2, -0.15) is 0 Å². The molecule has 0 saturated carbocycles. The predicted octanol–water partition coefficient (Wildman–Crippen LogP) is 4.64. The van der Waals surface area contributed by atoms with Crippen LogP contribution in [0.2, 0.25) is 5.02 Å². The first-order valence-electron chi connectivity index (χ1n) is 11.4. The normalized spacial score (nSPS) is 13.3. The predicted molar refractivity (Wildman–Crippen MR) is 138 cm³/mol. The SMILES string of the molecule is COc1ccc(Cl)cc1C(=O)N1CCN(c2ccc(NC(=O)COc3cccc(C)c3)cc2)CC1. The Morgan fingerprint density at radius 3 is 2.40 bits per heavy atom. The molecule has 2 amide bonds. The van der Waals surface area contributed by atoms with Gasteiger partial charge in [-0.05, 0) is 67.1 Å². The van der Waals surface area contributed by atoms with Gasteiger partial charge in [-0.3, -0.25) is 9.59 Å². The summed E-state index contributed by atoms with van der Waals surface area (Å²) in [5, 5.41) is 3.36. The van der Waals surface area contributed by atoms with Crippen molar-refractivity contribution in [3.8, 4) is 11.5 Å². The molecular formula is C27H28ClN3O4. The molecule has 1 heterocycles. The zero-order valence-electron chi connectivity index (χ0n) is 19.8. The van der Waals surface area contributed by atoms with Crippen molar-refractivity contribution in [2.45, 2.75) is 6.92 Å². The van der Waals surface area contributed by atoms with Gasteiger partial charge in [0.2, 0.25) is 0 Å². The summed E-state index contributed by atoms with van der Waals surface area (Å²) < 4.78 is 10.9. The number of benzene rings is 3. The highest BCUT2D eigenvalue weighted by Crippen LogP contribution is 2.26. The van der Waals surface area contributed by atoms with E-state index in [2.05, 4.69) is 10.2 Å². The number of nitrogens with zero attached hydrogens (tertiary/aromatic N) is 2. The second-order valence-electron chi connectivity index (χ2n) is 8.32. The van der Waals surface area contributed by atoms with Gasteiger partial charge in [-0.1, -0.05) is 23.7 Å². The van der Waals surface area contributed by atoms with Crippen molar-refractivity contribution in [3.05, 3.63) is 82.9 Å².